The highest BCUT2D eigenvalue weighted by Crippen LogP contribution is 2.18. The van der Waals surface area contributed by atoms with Gasteiger partial charge in [0.1, 0.15) is 5.82 Å². The van der Waals surface area contributed by atoms with Crippen molar-refractivity contribution in [3.05, 3.63) is 42.6 Å². The Morgan fingerprint density at radius 2 is 1.85 bits per heavy atom. The molecule has 20 heavy (non-hydrogen) atoms. The maximum absolute atomic E-state index is 5.93. The molecule has 0 unspecified atom stereocenters. The molecule has 0 atom stereocenters. The molecule has 1 aliphatic rings. The van der Waals surface area contributed by atoms with E-state index in [1.807, 2.05) is 36.4 Å². The van der Waals surface area contributed by atoms with Gasteiger partial charge in [0.05, 0.1) is 0 Å². The largest absolute Gasteiger partial charge is 0.341 e. The number of aromatic nitrogens is 2. The Morgan fingerprint density at radius 3 is 2.60 bits per heavy atom. The minimum absolute atomic E-state index is 0.317. The van der Waals surface area contributed by atoms with Crippen molar-refractivity contribution in [3.8, 4) is 0 Å². The summed E-state index contributed by atoms with van der Waals surface area (Å²) in [5.74, 6) is 1.59. The van der Waals surface area contributed by atoms with Crippen LogP contribution in [0, 0.1) is 0 Å². The summed E-state index contributed by atoms with van der Waals surface area (Å²) in [6.45, 7) is 1.85. The lowest BCUT2D eigenvalue weighted by molar-refractivity contribution is 0.495. The molecule has 1 aromatic carbocycles. The fourth-order valence-electron chi connectivity index (χ4n) is 2.34. The maximum Gasteiger partial charge on any atom is 0.227 e. The molecule has 0 aliphatic carbocycles. The van der Waals surface area contributed by atoms with Crippen molar-refractivity contribution in [1.29, 1.82) is 0 Å². The lowest BCUT2D eigenvalue weighted by Crippen LogP contribution is -2.40. The SMILES string of the molecule is NC1CCN(c2nccc(Nc3ccccc3)n2)CC1. The lowest BCUT2D eigenvalue weighted by Gasteiger charge is -2.30. The molecule has 2 aromatic rings. The second-order valence-electron chi connectivity index (χ2n) is 5.06. The van der Waals surface area contributed by atoms with Crippen LogP contribution in [0.1, 0.15) is 12.8 Å². The first-order chi connectivity index (χ1) is 9.81. The van der Waals surface area contributed by atoms with Gasteiger partial charge in [-0.2, -0.15) is 4.98 Å². The molecule has 0 spiro atoms. The summed E-state index contributed by atoms with van der Waals surface area (Å²) in [6, 6.07) is 12.2. The normalized spacial score (nSPS) is 16.1. The Bertz CT molecular complexity index is 549. The van der Waals surface area contributed by atoms with Crippen molar-refractivity contribution >= 4 is 17.5 Å². The van der Waals surface area contributed by atoms with Crippen molar-refractivity contribution in [3.63, 3.8) is 0 Å². The number of hydrogen-bond acceptors (Lipinski definition) is 5. The van der Waals surface area contributed by atoms with E-state index in [0.717, 1.165) is 43.4 Å². The quantitative estimate of drug-likeness (QED) is 0.893. The number of nitrogens with two attached hydrogens (primary N) is 1. The molecular formula is C15H19N5. The number of anilines is 3. The van der Waals surface area contributed by atoms with Gasteiger partial charge in [0.25, 0.3) is 0 Å². The first kappa shape index (κ1) is 12.9. The van der Waals surface area contributed by atoms with Crippen LogP contribution in [0.5, 0.6) is 0 Å². The van der Waals surface area contributed by atoms with Crippen LogP contribution in [-0.2, 0) is 0 Å². The van der Waals surface area contributed by atoms with Crippen LogP contribution < -0.4 is 16.0 Å². The molecule has 1 aliphatic heterocycles. The monoisotopic (exact) mass is 269 g/mol. The summed E-state index contributed by atoms with van der Waals surface area (Å²) in [5.41, 5.74) is 6.95. The van der Waals surface area contributed by atoms with Gasteiger partial charge in [0.15, 0.2) is 0 Å². The van der Waals surface area contributed by atoms with Crippen LogP contribution in [0.25, 0.3) is 0 Å². The van der Waals surface area contributed by atoms with Crippen molar-refractivity contribution in [2.45, 2.75) is 18.9 Å². The van der Waals surface area contributed by atoms with Gasteiger partial charge in [-0.1, -0.05) is 18.2 Å². The standard InChI is InChI=1S/C15H19N5/c16-12-7-10-20(11-8-12)15-17-9-6-14(19-15)18-13-4-2-1-3-5-13/h1-6,9,12H,7-8,10-11,16H2,(H,17,18,19). The van der Waals surface area contributed by atoms with Crippen molar-refractivity contribution < 1.29 is 0 Å². The Hall–Kier alpha value is -2.14. The Kier molecular flexibility index (Phi) is 3.78. The van der Waals surface area contributed by atoms with E-state index in [-0.39, 0.29) is 0 Å². The summed E-state index contributed by atoms with van der Waals surface area (Å²) in [4.78, 5) is 11.1. The van der Waals surface area contributed by atoms with Crippen LogP contribution in [0.3, 0.4) is 0 Å². The van der Waals surface area contributed by atoms with Gasteiger partial charge in [-0.05, 0) is 31.0 Å². The van der Waals surface area contributed by atoms with E-state index in [9.17, 15) is 0 Å². The number of rotatable bonds is 3. The van der Waals surface area contributed by atoms with E-state index >= 15 is 0 Å². The predicted molar refractivity (Wildman–Crippen MR) is 81.2 cm³/mol. The molecule has 3 rings (SSSR count). The predicted octanol–water partition coefficient (Wildman–Crippen LogP) is 2.15. The molecule has 1 fully saturated rings. The molecule has 5 nitrogen and oxygen atoms in total. The van der Waals surface area contributed by atoms with E-state index < -0.39 is 0 Å². The van der Waals surface area contributed by atoms with Gasteiger partial charge in [-0.3, -0.25) is 0 Å². The van der Waals surface area contributed by atoms with Crippen molar-refractivity contribution in [2.75, 3.05) is 23.3 Å². The van der Waals surface area contributed by atoms with E-state index in [1.54, 1.807) is 6.20 Å². The molecule has 0 radical (unpaired) electrons. The number of para-hydroxylation sites is 1. The third-order valence-electron chi connectivity index (χ3n) is 3.51. The Labute approximate surface area is 118 Å². The second kappa shape index (κ2) is 5.88. The molecule has 2 heterocycles. The van der Waals surface area contributed by atoms with Crippen LogP contribution in [0.4, 0.5) is 17.5 Å². The van der Waals surface area contributed by atoms with E-state index in [4.69, 9.17) is 5.73 Å². The van der Waals surface area contributed by atoms with Gasteiger partial charge in [-0.15, -0.1) is 0 Å². The maximum atomic E-state index is 5.93. The summed E-state index contributed by atoms with van der Waals surface area (Å²) in [5, 5.41) is 3.29. The van der Waals surface area contributed by atoms with E-state index in [0.29, 0.717) is 6.04 Å². The van der Waals surface area contributed by atoms with Gasteiger partial charge in [0.2, 0.25) is 5.95 Å². The Morgan fingerprint density at radius 1 is 1.10 bits per heavy atom. The fraction of sp³-hybridized carbons (Fsp3) is 0.333. The number of nitrogens with zero attached hydrogens (tertiary/aromatic N) is 3. The molecule has 1 saturated heterocycles. The highest BCUT2D eigenvalue weighted by molar-refractivity contribution is 5.56. The first-order valence-electron chi connectivity index (χ1n) is 6.97. The topological polar surface area (TPSA) is 67.1 Å². The number of nitrogens with one attached hydrogen (secondary N) is 1. The Balaban J connectivity index is 1.73. The van der Waals surface area contributed by atoms with Crippen LogP contribution in [-0.4, -0.2) is 29.1 Å². The molecule has 5 heteroatoms. The third kappa shape index (κ3) is 3.05. The van der Waals surface area contributed by atoms with Crippen LogP contribution in [0.15, 0.2) is 42.6 Å². The molecule has 0 saturated carbocycles. The van der Waals surface area contributed by atoms with Gasteiger partial charge in [0, 0.05) is 31.0 Å². The average Bonchev–Trinajstić information content (AvgIpc) is 2.49. The summed E-state index contributed by atoms with van der Waals surface area (Å²) in [6.07, 6.45) is 3.79. The minimum Gasteiger partial charge on any atom is -0.341 e. The molecule has 104 valence electrons. The second-order valence-corrected chi connectivity index (χ2v) is 5.06. The summed E-state index contributed by atoms with van der Waals surface area (Å²) in [7, 11) is 0. The summed E-state index contributed by atoms with van der Waals surface area (Å²) >= 11 is 0. The molecule has 3 N–H and O–H groups in total. The lowest BCUT2D eigenvalue weighted by atomic mass is 10.1. The molecule has 0 amide bonds. The smallest absolute Gasteiger partial charge is 0.227 e. The van der Waals surface area contributed by atoms with Gasteiger partial charge < -0.3 is 16.0 Å². The van der Waals surface area contributed by atoms with E-state index in [1.165, 1.54) is 0 Å². The zero-order valence-corrected chi connectivity index (χ0v) is 11.4. The van der Waals surface area contributed by atoms with E-state index in [2.05, 4.69) is 20.2 Å². The highest BCUT2D eigenvalue weighted by Gasteiger charge is 2.18. The zero-order chi connectivity index (χ0) is 13.8. The first-order valence-corrected chi connectivity index (χ1v) is 6.97. The average molecular weight is 269 g/mol. The fourth-order valence-corrected chi connectivity index (χ4v) is 2.34. The number of piperidine rings is 1. The van der Waals surface area contributed by atoms with Crippen molar-refractivity contribution in [1.82, 2.24) is 9.97 Å². The van der Waals surface area contributed by atoms with Gasteiger partial charge >= 0.3 is 0 Å². The molecule has 0 bridgehead atoms. The number of hydrogen-bond donors (Lipinski definition) is 2. The summed E-state index contributed by atoms with van der Waals surface area (Å²) < 4.78 is 0. The minimum atomic E-state index is 0.317. The molecule has 1 aromatic heterocycles. The number of benzene rings is 1. The third-order valence-corrected chi connectivity index (χ3v) is 3.51. The van der Waals surface area contributed by atoms with Crippen LogP contribution in [0.2, 0.25) is 0 Å². The van der Waals surface area contributed by atoms with Crippen molar-refractivity contribution in [2.24, 2.45) is 5.73 Å². The highest BCUT2D eigenvalue weighted by atomic mass is 15.3. The van der Waals surface area contributed by atoms with Gasteiger partial charge in [-0.25, -0.2) is 4.98 Å². The zero-order valence-electron chi connectivity index (χ0n) is 11.4. The molecular weight excluding hydrogens is 250 g/mol. The van der Waals surface area contributed by atoms with Crippen LogP contribution >= 0.6 is 0 Å².